The van der Waals surface area contributed by atoms with Crippen molar-refractivity contribution in [1.29, 1.82) is 0 Å². The first kappa shape index (κ1) is 32.2. The van der Waals surface area contributed by atoms with Gasteiger partial charge in [-0.25, -0.2) is 9.97 Å². The maximum Gasteiger partial charge on any atom is 0.247 e. The number of fused-ring (bicyclic) bond motifs is 1. The Bertz CT molecular complexity index is 2190. The van der Waals surface area contributed by atoms with Gasteiger partial charge in [-0.05, 0) is 73.2 Å². The van der Waals surface area contributed by atoms with Gasteiger partial charge in [-0.3, -0.25) is 14.4 Å². The molecule has 2 aromatic heterocycles. The van der Waals surface area contributed by atoms with Crippen LogP contribution in [0.1, 0.15) is 48.7 Å². The smallest absolute Gasteiger partial charge is 0.247 e. The molecule has 0 bridgehead atoms. The number of hydrogen-bond acceptors (Lipinski definition) is 6. The third-order valence-corrected chi connectivity index (χ3v) is 9.83. The second kappa shape index (κ2) is 14.1. The molecule has 0 unspecified atom stereocenters. The molecule has 2 saturated heterocycles. The van der Waals surface area contributed by atoms with Crippen molar-refractivity contribution in [1.82, 2.24) is 24.8 Å². The molecule has 10 nitrogen and oxygen atoms in total. The van der Waals surface area contributed by atoms with E-state index in [0.29, 0.717) is 42.3 Å². The van der Waals surface area contributed by atoms with E-state index in [1.165, 1.54) is 0 Å². The quantitative estimate of drug-likeness (QED) is 0.170. The van der Waals surface area contributed by atoms with Crippen LogP contribution in [-0.2, 0) is 27.2 Å². The Hall–Kier alpha value is -6.03. The van der Waals surface area contributed by atoms with Crippen molar-refractivity contribution >= 4 is 34.4 Å². The van der Waals surface area contributed by atoms with Crippen molar-refractivity contribution in [3.8, 4) is 22.8 Å². The summed E-state index contributed by atoms with van der Waals surface area (Å²) in [4.78, 5) is 56.2. The van der Waals surface area contributed by atoms with Crippen LogP contribution in [0, 0.1) is 0 Å². The van der Waals surface area contributed by atoms with Crippen LogP contribution in [0.2, 0.25) is 0 Å². The summed E-state index contributed by atoms with van der Waals surface area (Å²) in [7, 11) is 0. The lowest BCUT2D eigenvalue weighted by Crippen LogP contribution is -2.43. The van der Waals surface area contributed by atoms with Gasteiger partial charge in [0.25, 0.3) is 0 Å². The van der Waals surface area contributed by atoms with Gasteiger partial charge in [0.05, 0.1) is 36.1 Å². The van der Waals surface area contributed by atoms with E-state index >= 15 is 0 Å². The summed E-state index contributed by atoms with van der Waals surface area (Å²) in [6, 6.07) is 32.1. The molecule has 2 atom stereocenters. The summed E-state index contributed by atoms with van der Waals surface area (Å²) in [5.74, 6) is 1.67. The topological polar surface area (TPSA) is 124 Å². The molecule has 2 aliphatic heterocycles. The molecule has 0 spiro atoms. The molecule has 256 valence electrons. The first-order chi connectivity index (χ1) is 25.0. The van der Waals surface area contributed by atoms with Crippen LogP contribution in [0.3, 0.4) is 0 Å². The zero-order chi connectivity index (χ0) is 34.7. The van der Waals surface area contributed by atoms with Gasteiger partial charge in [-0.15, -0.1) is 0 Å². The molecule has 0 aliphatic carbocycles. The van der Waals surface area contributed by atoms with Gasteiger partial charge in [-0.2, -0.15) is 0 Å². The highest BCUT2D eigenvalue weighted by atomic mass is 16.4. The van der Waals surface area contributed by atoms with E-state index in [-0.39, 0.29) is 30.2 Å². The van der Waals surface area contributed by atoms with Gasteiger partial charge in [-0.1, -0.05) is 66.7 Å². The van der Waals surface area contributed by atoms with Crippen LogP contribution < -0.4 is 5.32 Å². The van der Waals surface area contributed by atoms with Crippen LogP contribution >= 0.6 is 0 Å². The Kier molecular flexibility index (Phi) is 8.88. The number of anilines is 1. The average Bonchev–Trinajstić information content (AvgIpc) is 3.98. The molecule has 4 heterocycles. The van der Waals surface area contributed by atoms with E-state index in [1.54, 1.807) is 11.1 Å². The molecule has 2 fully saturated rings. The Morgan fingerprint density at radius 3 is 2.24 bits per heavy atom. The first-order valence-corrected chi connectivity index (χ1v) is 17.5. The van der Waals surface area contributed by atoms with E-state index in [4.69, 9.17) is 9.40 Å². The molecule has 6 aromatic rings. The monoisotopic (exact) mass is 678 g/mol. The lowest BCUT2D eigenvalue weighted by molar-refractivity contribution is -0.136. The number of benzene rings is 4. The maximum absolute atomic E-state index is 13.4. The highest BCUT2D eigenvalue weighted by Gasteiger charge is 2.34. The number of aromatic nitrogens is 3. The third kappa shape index (κ3) is 6.90. The molecule has 10 heteroatoms. The highest BCUT2D eigenvalue weighted by molar-refractivity contribution is 5.98. The van der Waals surface area contributed by atoms with Gasteiger partial charge < -0.3 is 24.5 Å². The number of amides is 3. The summed E-state index contributed by atoms with van der Waals surface area (Å²) in [6.07, 6.45) is 5.56. The number of nitrogens with one attached hydrogen (secondary N) is 2. The van der Waals surface area contributed by atoms with Gasteiger partial charge in [0, 0.05) is 29.9 Å². The summed E-state index contributed by atoms with van der Waals surface area (Å²) in [6.45, 7) is 1.29. The molecule has 3 amide bonds. The predicted octanol–water partition coefficient (Wildman–Crippen LogP) is 6.96. The minimum absolute atomic E-state index is 0.0427. The number of rotatable bonds is 9. The standard InChI is InChI=1S/C41H38N6O4/c48-37(22-27-10-3-1-4-11-27)46-20-8-16-34(46)39-44-32-19-18-29(25-33(32)45-39)36-26-42-41(51-36)30-14-7-15-31(24-30)43-40(50)35-17-9-21-47(35)38(49)23-28-12-5-2-6-13-28/h1-7,10-15,18-19,24-26,34-35H,8-9,16-17,20-23H2,(H,43,50)(H,44,45)/t34-,35-/m0/s1. The summed E-state index contributed by atoms with van der Waals surface area (Å²) < 4.78 is 6.22. The van der Waals surface area contributed by atoms with E-state index in [9.17, 15) is 14.4 Å². The number of nitrogens with zero attached hydrogens (tertiary/aromatic N) is 4. The molecule has 4 aromatic carbocycles. The Labute approximate surface area is 295 Å². The fraction of sp³-hybridized carbons (Fsp3) is 0.244. The first-order valence-electron chi connectivity index (χ1n) is 17.5. The third-order valence-electron chi connectivity index (χ3n) is 9.83. The number of carbonyl (C=O) groups is 3. The number of carbonyl (C=O) groups excluding carboxylic acids is 3. The molecule has 2 N–H and O–H groups in total. The zero-order valence-corrected chi connectivity index (χ0v) is 28.1. The maximum atomic E-state index is 13.4. The van der Waals surface area contributed by atoms with Crippen molar-refractivity contribution in [2.24, 2.45) is 0 Å². The van der Waals surface area contributed by atoms with Crippen LogP contribution in [0.25, 0.3) is 33.8 Å². The number of likely N-dealkylation sites (tertiary alicyclic amines) is 2. The van der Waals surface area contributed by atoms with E-state index in [1.807, 2.05) is 108 Å². The number of aromatic amines is 1. The van der Waals surface area contributed by atoms with E-state index < -0.39 is 6.04 Å². The molecule has 0 saturated carbocycles. The Morgan fingerprint density at radius 1 is 0.765 bits per heavy atom. The molecule has 0 radical (unpaired) electrons. The SMILES string of the molecule is O=C(Nc1cccc(-c2ncc(-c3ccc4nc([C@@H]5CCCN5C(=O)Cc5ccccc5)[nH]c4c3)o2)c1)[C@@H]1CCCN1C(=O)Cc1ccccc1. The molecule has 2 aliphatic rings. The fourth-order valence-corrected chi connectivity index (χ4v) is 7.27. The summed E-state index contributed by atoms with van der Waals surface area (Å²) >= 11 is 0. The Balaban J connectivity index is 0.943. The minimum atomic E-state index is -0.511. The number of imidazole rings is 1. The summed E-state index contributed by atoms with van der Waals surface area (Å²) in [5.41, 5.74) is 5.78. The molecule has 8 rings (SSSR count). The predicted molar refractivity (Wildman–Crippen MR) is 194 cm³/mol. The van der Waals surface area contributed by atoms with E-state index in [0.717, 1.165) is 59.4 Å². The minimum Gasteiger partial charge on any atom is -0.436 e. The second-order valence-electron chi connectivity index (χ2n) is 13.3. The Morgan fingerprint density at radius 2 is 1.47 bits per heavy atom. The lowest BCUT2D eigenvalue weighted by Gasteiger charge is -2.24. The lowest BCUT2D eigenvalue weighted by atomic mass is 10.1. The largest absolute Gasteiger partial charge is 0.436 e. The van der Waals surface area contributed by atoms with Crippen molar-refractivity contribution in [3.05, 3.63) is 126 Å². The normalized spacial score (nSPS) is 17.3. The van der Waals surface area contributed by atoms with Crippen molar-refractivity contribution in [2.45, 2.75) is 50.6 Å². The summed E-state index contributed by atoms with van der Waals surface area (Å²) in [5, 5.41) is 3.01. The van der Waals surface area contributed by atoms with Crippen LogP contribution in [0.15, 0.2) is 114 Å². The molecular formula is C41H38N6O4. The van der Waals surface area contributed by atoms with Crippen LogP contribution in [-0.4, -0.2) is 61.6 Å². The van der Waals surface area contributed by atoms with Crippen molar-refractivity contribution in [2.75, 3.05) is 18.4 Å². The average molecular weight is 679 g/mol. The number of hydrogen-bond donors (Lipinski definition) is 2. The molecular weight excluding hydrogens is 640 g/mol. The number of H-pyrrole nitrogens is 1. The van der Waals surface area contributed by atoms with Crippen LogP contribution in [0.4, 0.5) is 5.69 Å². The highest BCUT2D eigenvalue weighted by Crippen LogP contribution is 2.34. The van der Waals surface area contributed by atoms with Gasteiger partial charge in [0.15, 0.2) is 5.76 Å². The number of oxazole rings is 1. The zero-order valence-electron chi connectivity index (χ0n) is 28.1. The van der Waals surface area contributed by atoms with E-state index in [2.05, 4.69) is 15.3 Å². The fourth-order valence-electron chi connectivity index (χ4n) is 7.27. The van der Waals surface area contributed by atoms with Crippen molar-refractivity contribution in [3.63, 3.8) is 0 Å². The van der Waals surface area contributed by atoms with Gasteiger partial charge >= 0.3 is 0 Å². The molecule has 51 heavy (non-hydrogen) atoms. The van der Waals surface area contributed by atoms with Crippen LogP contribution in [0.5, 0.6) is 0 Å². The van der Waals surface area contributed by atoms with Crippen molar-refractivity contribution < 1.29 is 18.8 Å². The second-order valence-corrected chi connectivity index (χ2v) is 13.3. The van der Waals surface area contributed by atoms with Gasteiger partial charge in [0.1, 0.15) is 11.9 Å². The van der Waals surface area contributed by atoms with Gasteiger partial charge in [0.2, 0.25) is 23.6 Å².